The van der Waals surface area contributed by atoms with Crippen molar-refractivity contribution in [3.63, 3.8) is 0 Å². The molecule has 0 atom stereocenters. The normalized spacial score (nSPS) is 11.4. The van der Waals surface area contributed by atoms with Crippen LogP contribution in [0.4, 0.5) is 0 Å². The summed E-state index contributed by atoms with van der Waals surface area (Å²) in [5.74, 6) is 0. The molecule has 1 heteroatoms. The molecule has 0 amide bonds. The minimum absolute atomic E-state index is 1.20. The zero-order valence-electron chi connectivity index (χ0n) is 23.6. The lowest BCUT2D eigenvalue weighted by atomic mass is 10.0. The van der Waals surface area contributed by atoms with E-state index in [4.69, 9.17) is 0 Å². The Morgan fingerprint density at radius 3 is 1.29 bits per heavy atom. The molecule has 0 aliphatic heterocycles. The molecule has 1 aromatic heterocycles. The van der Waals surface area contributed by atoms with Gasteiger partial charge in [0.15, 0.2) is 12.4 Å². The molecule has 0 N–H and O–H groups in total. The largest absolute Gasteiger partial charge is 0.205 e. The van der Waals surface area contributed by atoms with Crippen LogP contribution >= 0.6 is 0 Å². The number of unbranched alkanes of at least 4 members (excludes halogenated alkanes) is 22. The smallest absolute Gasteiger partial charge is 0.171 e. The Bertz CT molecular complexity index is 523. The molecule has 0 aliphatic rings. The van der Waals surface area contributed by atoms with Gasteiger partial charge >= 0.3 is 0 Å². The number of nitrogens with zero attached hydrogens (tertiary/aromatic N) is 1. The van der Waals surface area contributed by atoms with Crippen molar-refractivity contribution in [2.24, 2.45) is 0 Å². The molecule has 1 heterocycles. The monoisotopic (exact) mass is 472 g/mol. The molecule has 1 aromatic rings. The van der Waals surface area contributed by atoms with E-state index in [0.29, 0.717) is 0 Å². The highest BCUT2D eigenvalue weighted by Crippen LogP contribution is 2.14. The molecule has 0 fully saturated rings. The molecule has 198 valence electrons. The summed E-state index contributed by atoms with van der Waals surface area (Å²) >= 11 is 0. The van der Waals surface area contributed by atoms with E-state index >= 15 is 0 Å². The number of pyridine rings is 1. The van der Waals surface area contributed by atoms with Gasteiger partial charge in [0.2, 0.25) is 0 Å². The third-order valence-electron chi connectivity index (χ3n) is 7.51. The second-order valence-electron chi connectivity index (χ2n) is 11.0. The van der Waals surface area contributed by atoms with Crippen molar-refractivity contribution in [3.05, 3.63) is 30.1 Å². The summed E-state index contributed by atoms with van der Waals surface area (Å²) in [7, 11) is 0. The first-order chi connectivity index (χ1) is 16.9. The minimum atomic E-state index is 1.20. The van der Waals surface area contributed by atoms with Crippen molar-refractivity contribution in [2.75, 3.05) is 0 Å². The molecule has 0 bridgehead atoms. The van der Waals surface area contributed by atoms with Crippen molar-refractivity contribution >= 4 is 0 Å². The van der Waals surface area contributed by atoms with Crippen LogP contribution in [0.1, 0.15) is 174 Å². The van der Waals surface area contributed by atoms with Crippen LogP contribution in [-0.4, -0.2) is 0 Å². The Morgan fingerprint density at radius 1 is 0.471 bits per heavy atom. The Kier molecular flexibility index (Phi) is 23.2. The third kappa shape index (κ3) is 20.5. The molecular weight excluding hydrogens is 410 g/mol. The first kappa shape index (κ1) is 31.2. The van der Waals surface area contributed by atoms with Crippen LogP contribution in [0.25, 0.3) is 0 Å². The summed E-state index contributed by atoms with van der Waals surface area (Å²) in [5.41, 5.74) is 1.54. The molecule has 0 radical (unpaired) electrons. The highest BCUT2D eigenvalue weighted by Gasteiger charge is 2.03. The maximum Gasteiger partial charge on any atom is 0.171 e. The summed E-state index contributed by atoms with van der Waals surface area (Å²) in [6.07, 6.45) is 40.3. The van der Waals surface area contributed by atoms with E-state index in [2.05, 4.69) is 42.9 Å². The van der Waals surface area contributed by atoms with Crippen molar-refractivity contribution < 1.29 is 4.57 Å². The van der Waals surface area contributed by atoms with Crippen molar-refractivity contribution in [3.8, 4) is 0 Å². The van der Waals surface area contributed by atoms with Gasteiger partial charge in [-0.2, -0.15) is 0 Å². The fourth-order valence-electron chi connectivity index (χ4n) is 5.17. The van der Waals surface area contributed by atoms with Gasteiger partial charge in [0.05, 0.1) is 0 Å². The minimum Gasteiger partial charge on any atom is -0.205 e. The lowest BCUT2D eigenvalue weighted by Crippen LogP contribution is -2.33. The van der Waals surface area contributed by atoms with Gasteiger partial charge < -0.3 is 0 Å². The lowest BCUT2D eigenvalue weighted by molar-refractivity contribution is -0.697. The predicted octanol–water partition coefficient (Wildman–Crippen LogP) is 10.9. The van der Waals surface area contributed by atoms with E-state index in [1.165, 1.54) is 173 Å². The van der Waals surface area contributed by atoms with E-state index in [0.717, 1.165) is 0 Å². The Balaban J connectivity index is 1.91. The molecule has 0 spiro atoms. The zero-order valence-corrected chi connectivity index (χ0v) is 23.6. The highest BCUT2D eigenvalue weighted by atomic mass is 14.9. The lowest BCUT2D eigenvalue weighted by Gasteiger charge is -2.04. The van der Waals surface area contributed by atoms with Crippen LogP contribution in [0.5, 0.6) is 0 Å². The van der Waals surface area contributed by atoms with Crippen molar-refractivity contribution in [1.29, 1.82) is 0 Å². The summed E-state index contributed by atoms with van der Waals surface area (Å²) in [6.45, 7) is 5.80. The second-order valence-corrected chi connectivity index (χ2v) is 11.0. The van der Waals surface area contributed by atoms with Gasteiger partial charge in [-0.15, -0.1) is 0 Å². The average molecular weight is 473 g/mol. The first-order valence-corrected chi connectivity index (χ1v) is 15.8. The third-order valence-corrected chi connectivity index (χ3v) is 7.51. The Hall–Kier alpha value is -0.850. The molecule has 0 aliphatic carbocycles. The van der Waals surface area contributed by atoms with Gasteiger partial charge in [0.25, 0.3) is 0 Å². The average Bonchev–Trinajstić information content (AvgIpc) is 2.85. The SMILES string of the molecule is CCCCCCCCCCCCCCC[n+]1cccc(CCCCCCCCCCCCC)c1. The quantitative estimate of drug-likeness (QED) is 0.0932. The maximum atomic E-state index is 2.44. The van der Waals surface area contributed by atoms with Crippen LogP contribution < -0.4 is 4.57 Å². The molecular formula is C33H62N+. The zero-order chi connectivity index (χ0) is 24.4. The molecule has 0 aromatic carbocycles. The van der Waals surface area contributed by atoms with Crippen LogP contribution in [0.3, 0.4) is 0 Å². The number of hydrogen-bond donors (Lipinski definition) is 0. The van der Waals surface area contributed by atoms with Gasteiger partial charge in [0, 0.05) is 18.1 Å². The van der Waals surface area contributed by atoms with Gasteiger partial charge in [-0.1, -0.05) is 149 Å². The fourth-order valence-corrected chi connectivity index (χ4v) is 5.17. The van der Waals surface area contributed by atoms with E-state index in [1.54, 1.807) is 0 Å². The van der Waals surface area contributed by atoms with Crippen LogP contribution in [0.2, 0.25) is 0 Å². The Labute approximate surface area is 215 Å². The van der Waals surface area contributed by atoms with Gasteiger partial charge in [0.1, 0.15) is 6.54 Å². The van der Waals surface area contributed by atoms with Gasteiger partial charge in [-0.05, 0) is 25.3 Å². The predicted molar refractivity (Wildman–Crippen MR) is 152 cm³/mol. The standard InChI is InChI=1S/C33H62N/c1-3-5-7-9-11-13-15-16-18-20-22-24-26-30-34-31-27-29-33(32-34)28-25-23-21-19-17-14-12-10-8-6-4-2/h27,29,31-32H,3-26,28,30H2,1-2H3/q+1. The van der Waals surface area contributed by atoms with Gasteiger partial charge in [-0.3, -0.25) is 0 Å². The highest BCUT2D eigenvalue weighted by molar-refractivity contribution is 5.05. The van der Waals surface area contributed by atoms with Crippen molar-refractivity contribution in [1.82, 2.24) is 0 Å². The van der Waals surface area contributed by atoms with Crippen LogP contribution in [0, 0.1) is 0 Å². The van der Waals surface area contributed by atoms with Crippen molar-refractivity contribution in [2.45, 2.75) is 181 Å². The first-order valence-electron chi connectivity index (χ1n) is 15.8. The summed E-state index contributed by atoms with van der Waals surface area (Å²) in [5, 5.41) is 0. The van der Waals surface area contributed by atoms with E-state index in [-0.39, 0.29) is 0 Å². The summed E-state index contributed by atoms with van der Waals surface area (Å²) in [4.78, 5) is 0. The van der Waals surface area contributed by atoms with E-state index < -0.39 is 0 Å². The van der Waals surface area contributed by atoms with E-state index in [1.807, 2.05) is 0 Å². The van der Waals surface area contributed by atoms with Crippen LogP contribution in [0.15, 0.2) is 24.5 Å². The molecule has 1 rings (SSSR count). The summed E-state index contributed by atoms with van der Waals surface area (Å²) in [6, 6.07) is 4.59. The Morgan fingerprint density at radius 2 is 0.853 bits per heavy atom. The second kappa shape index (κ2) is 25.2. The number of aryl methyl sites for hydroxylation is 2. The maximum absolute atomic E-state index is 2.44. The van der Waals surface area contributed by atoms with Crippen LogP contribution in [-0.2, 0) is 13.0 Å². The molecule has 34 heavy (non-hydrogen) atoms. The van der Waals surface area contributed by atoms with Gasteiger partial charge in [-0.25, -0.2) is 4.57 Å². The number of rotatable bonds is 26. The van der Waals surface area contributed by atoms with E-state index in [9.17, 15) is 0 Å². The molecule has 0 unspecified atom stereocenters. The molecule has 1 nitrogen and oxygen atoms in total. The molecule has 0 saturated heterocycles. The summed E-state index contributed by atoms with van der Waals surface area (Å²) < 4.78 is 2.44. The molecule has 0 saturated carbocycles. The number of aromatic nitrogens is 1. The fraction of sp³-hybridized carbons (Fsp3) is 0.848. The number of hydrogen-bond acceptors (Lipinski definition) is 0. The topological polar surface area (TPSA) is 3.88 Å².